The normalized spacial score (nSPS) is 11.8. The first-order chi connectivity index (χ1) is 11.1. The number of carbonyl (C=O) groups is 3. The van der Waals surface area contributed by atoms with Gasteiger partial charge < -0.3 is 9.47 Å². The van der Waals surface area contributed by atoms with Gasteiger partial charge in [-0.15, -0.1) is 0 Å². The monoisotopic (exact) mass is 328 g/mol. The number of allylic oxidation sites excluding steroid dienone is 1. The highest BCUT2D eigenvalue weighted by molar-refractivity contribution is 5.74. The number of hydrogen-bond acceptors (Lipinski definition) is 5. The molecule has 1 atom stereocenters. The van der Waals surface area contributed by atoms with E-state index in [-0.39, 0.29) is 13.2 Å². The van der Waals surface area contributed by atoms with Gasteiger partial charge in [-0.2, -0.15) is 0 Å². The van der Waals surface area contributed by atoms with E-state index in [4.69, 9.17) is 9.47 Å². The van der Waals surface area contributed by atoms with Crippen LogP contribution in [0.2, 0.25) is 0 Å². The van der Waals surface area contributed by atoms with Gasteiger partial charge in [0.1, 0.15) is 6.29 Å². The number of amides is 2. The minimum absolute atomic E-state index is 0.180. The number of hydrogen-bond donors (Lipinski definition) is 1. The summed E-state index contributed by atoms with van der Waals surface area (Å²) in [4.78, 5) is 34.3. The zero-order valence-electron chi connectivity index (χ0n) is 14.2. The molecule has 0 aliphatic carbocycles. The van der Waals surface area contributed by atoms with Gasteiger partial charge in [0.05, 0.1) is 19.3 Å². The van der Waals surface area contributed by atoms with Crippen LogP contribution in [-0.2, 0) is 14.3 Å². The third-order valence-corrected chi connectivity index (χ3v) is 3.05. The topological polar surface area (TPSA) is 84.9 Å². The summed E-state index contributed by atoms with van der Waals surface area (Å²) in [6.45, 7) is 5.82. The van der Waals surface area contributed by atoms with Crippen LogP contribution >= 0.6 is 0 Å². The van der Waals surface area contributed by atoms with Gasteiger partial charge in [-0.3, -0.25) is 4.79 Å². The number of nitrogens with zero attached hydrogens (tertiary/aromatic N) is 1. The van der Waals surface area contributed by atoms with Crippen LogP contribution < -0.4 is 5.43 Å². The molecule has 0 saturated carbocycles. The fourth-order valence-electron chi connectivity index (χ4n) is 1.98. The highest BCUT2D eigenvalue weighted by Gasteiger charge is 2.25. The van der Waals surface area contributed by atoms with Crippen LogP contribution in [0.1, 0.15) is 52.9 Å². The lowest BCUT2D eigenvalue weighted by Gasteiger charge is -2.28. The summed E-state index contributed by atoms with van der Waals surface area (Å²) in [5.74, 6) is 0. The lowest BCUT2D eigenvalue weighted by molar-refractivity contribution is -0.104. The van der Waals surface area contributed by atoms with Crippen LogP contribution in [0.5, 0.6) is 0 Å². The molecule has 0 rings (SSSR count). The molecule has 0 aromatic carbocycles. The number of unbranched alkanes of at least 4 members (excludes halogenated alkanes) is 3. The van der Waals surface area contributed by atoms with Crippen LogP contribution in [0.15, 0.2) is 12.2 Å². The molecular formula is C16H28N2O5. The minimum atomic E-state index is -0.737. The first-order valence-corrected chi connectivity index (χ1v) is 8.11. The summed E-state index contributed by atoms with van der Waals surface area (Å²) < 4.78 is 9.77. The third-order valence-electron chi connectivity index (χ3n) is 3.05. The van der Waals surface area contributed by atoms with Crippen molar-refractivity contribution < 1.29 is 23.9 Å². The maximum atomic E-state index is 12.1. The number of rotatable bonds is 10. The van der Waals surface area contributed by atoms with Gasteiger partial charge in [0.25, 0.3) is 0 Å². The summed E-state index contributed by atoms with van der Waals surface area (Å²) in [5, 5.41) is 1.08. The molecule has 23 heavy (non-hydrogen) atoms. The predicted molar refractivity (Wildman–Crippen MR) is 86.8 cm³/mol. The van der Waals surface area contributed by atoms with E-state index in [0.29, 0.717) is 12.7 Å². The van der Waals surface area contributed by atoms with Gasteiger partial charge in [0.2, 0.25) is 0 Å². The molecule has 7 heteroatoms. The average Bonchev–Trinajstić information content (AvgIpc) is 2.53. The van der Waals surface area contributed by atoms with Gasteiger partial charge in [-0.05, 0) is 26.3 Å². The molecule has 0 bridgehead atoms. The predicted octanol–water partition coefficient (Wildman–Crippen LogP) is 3.20. The number of hydrazine groups is 1. The summed E-state index contributed by atoms with van der Waals surface area (Å²) in [6, 6.07) is -0.472. The van der Waals surface area contributed by atoms with Crippen molar-refractivity contribution in [2.24, 2.45) is 0 Å². The molecule has 0 unspecified atom stereocenters. The van der Waals surface area contributed by atoms with Gasteiger partial charge in [0, 0.05) is 0 Å². The summed E-state index contributed by atoms with van der Waals surface area (Å²) >= 11 is 0. The first kappa shape index (κ1) is 20.9. The van der Waals surface area contributed by atoms with E-state index in [9.17, 15) is 14.4 Å². The summed E-state index contributed by atoms with van der Waals surface area (Å²) in [7, 11) is 0. The van der Waals surface area contributed by atoms with Crippen molar-refractivity contribution >= 4 is 18.5 Å². The maximum absolute atomic E-state index is 12.1. The zero-order chi connectivity index (χ0) is 17.5. The average molecular weight is 328 g/mol. The van der Waals surface area contributed by atoms with Crippen molar-refractivity contribution in [1.82, 2.24) is 10.4 Å². The SMILES string of the molecule is CCCCCC[C@H](/C=C/C=O)N(NC(=O)OCC)C(=O)OCC. The fourth-order valence-corrected chi connectivity index (χ4v) is 1.98. The molecule has 132 valence electrons. The Morgan fingerprint density at radius 3 is 2.35 bits per heavy atom. The van der Waals surface area contributed by atoms with Crippen molar-refractivity contribution in [3.05, 3.63) is 12.2 Å². The second-order valence-corrected chi connectivity index (χ2v) is 4.84. The van der Waals surface area contributed by atoms with Crippen molar-refractivity contribution in [1.29, 1.82) is 0 Å². The van der Waals surface area contributed by atoms with Gasteiger partial charge >= 0.3 is 12.2 Å². The van der Waals surface area contributed by atoms with E-state index in [1.807, 2.05) is 0 Å². The molecule has 0 aliphatic heterocycles. The number of ether oxygens (including phenoxy) is 2. The number of nitrogens with one attached hydrogen (secondary N) is 1. The van der Waals surface area contributed by atoms with Crippen LogP contribution in [0.4, 0.5) is 9.59 Å². The van der Waals surface area contributed by atoms with E-state index in [0.717, 1.165) is 30.7 Å². The number of carbonyl (C=O) groups excluding carboxylic acids is 3. The van der Waals surface area contributed by atoms with Gasteiger partial charge in [0.15, 0.2) is 0 Å². The quantitative estimate of drug-likeness (QED) is 0.288. The highest BCUT2D eigenvalue weighted by atomic mass is 16.6. The van der Waals surface area contributed by atoms with Crippen LogP contribution in [-0.4, -0.2) is 42.7 Å². The van der Waals surface area contributed by atoms with Crippen LogP contribution in [0.25, 0.3) is 0 Å². The molecule has 0 aromatic rings. The van der Waals surface area contributed by atoms with Crippen molar-refractivity contribution in [2.45, 2.75) is 58.9 Å². The highest BCUT2D eigenvalue weighted by Crippen LogP contribution is 2.12. The standard InChI is InChI=1S/C16H28N2O5/c1-4-7-8-9-11-14(12-10-13-19)18(16(21)23-6-3)17-15(20)22-5-2/h10,12-14H,4-9,11H2,1-3H3,(H,17,20)/b12-10+/t14-/m1/s1. The molecule has 0 saturated heterocycles. The number of aldehydes is 1. The first-order valence-electron chi connectivity index (χ1n) is 8.11. The Labute approximate surface area is 138 Å². The van der Waals surface area contributed by atoms with Crippen molar-refractivity contribution in [2.75, 3.05) is 13.2 Å². The molecule has 0 spiro atoms. The van der Waals surface area contributed by atoms with Crippen LogP contribution in [0.3, 0.4) is 0 Å². The van der Waals surface area contributed by atoms with Crippen LogP contribution in [0, 0.1) is 0 Å². The Morgan fingerprint density at radius 1 is 1.09 bits per heavy atom. The summed E-state index contributed by atoms with van der Waals surface area (Å²) in [6.07, 6.45) is 6.76. The largest absolute Gasteiger partial charge is 0.449 e. The summed E-state index contributed by atoms with van der Waals surface area (Å²) in [5.41, 5.74) is 2.38. The second-order valence-electron chi connectivity index (χ2n) is 4.84. The third kappa shape index (κ3) is 9.55. The fraction of sp³-hybridized carbons (Fsp3) is 0.688. The van der Waals surface area contributed by atoms with Gasteiger partial charge in [-0.25, -0.2) is 20.0 Å². The Kier molecular flexibility index (Phi) is 12.4. The van der Waals surface area contributed by atoms with E-state index in [1.165, 1.54) is 6.08 Å². The maximum Gasteiger partial charge on any atom is 0.429 e. The molecule has 0 radical (unpaired) electrons. The van der Waals surface area contributed by atoms with E-state index in [2.05, 4.69) is 12.3 Å². The lowest BCUT2D eigenvalue weighted by Crippen LogP contribution is -2.51. The molecule has 2 amide bonds. The Morgan fingerprint density at radius 2 is 1.78 bits per heavy atom. The Hall–Kier alpha value is -2.05. The van der Waals surface area contributed by atoms with Crippen molar-refractivity contribution in [3.63, 3.8) is 0 Å². The molecule has 1 N–H and O–H groups in total. The Bertz CT molecular complexity index is 385. The lowest BCUT2D eigenvalue weighted by atomic mass is 10.1. The minimum Gasteiger partial charge on any atom is -0.449 e. The molecule has 0 aromatic heterocycles. The molecule has 0 fully saturated rings. The Balaban J connectivity index is 5.00. The van der Waals surface area contributed by atoms with Crippen molar-refractivity contribution in [3.8, 4) is 0 Å². The van der Waals surface area contributed by atoms with E-state index in [1.54, 1.807) is 19.9 Å². The smallest absolute Gasteiger partial charge is 0.429 e. The second kappa shape index (κ2) is 13.6. The van der Waals surface area contributed by atoms with Gasteiger partial charge in [-0.1, -0.05) is 38.7 Å². The van der Waals surface area contributed by atoms with E-state index < -0.39 is 18.2 Å². The van der Waals surface area contributed by atoms with E-state index >= 15 is 0 Å². The molecule has 0 heterocycles. The molecule has 0 aliphatic rings. The molecular weight excluding hydrogens is 300 g/mol. The zero-order valence-corrected chi connectivity index (χ0v) is 14.2. The molecule has 7 nitrogen and oxygen atoms in total.